The van der Waals surface area contributed by atoms with Gasteiger partial charge in [-0.15, -0.1) is 0 Å². The minimum absolute atomic E-state index is 0.147. The Hall–Kier alpha value is -2.96. The van der Waals surface area contributed by atoms with Crippen LogP contribution in [0.4, 0.5) is 13.6 Å². The number of rotatable bonds is 5. The number of carbonyl (C=O) groups is 2. The summed E-state index contributed by atoms with van der Waals surface area (Å²) < 4.78 is 33.0. The molecule has 3 atom stereocenters. The van der Waals surface area contributed by atoms with Crippen molar-refractivity contribution >= 4 is 12.0 Å². The number of benzene rings is 2. The zero-order chi connectivity index (χ0) is 22.8. The van der Waals surface area contributed by atoms with E-state index in [0.717, 1.165) is 23.3 Å². The first-order valence-electron chi connectivity index (χ1n) is 10.4. The zero-order valence-electron chi connectivity index (χ0n) is 18.2. The van der Waals surface area contributed by atoms with Crippen LogP contribution in [0.5, 0.6) is 0 Å². The fourth-order valence-electron chi connectivity index (χ4n) is 3.96. The lowest BCUT2D eigenvalue weighted by molar-refractivity contribution is -0.123. The SMILES string of the molecule is CCC(C(=O)N[C@@H]1Cc2ccccc2[C@H]1NC(=O)OC(C)(C)C)c1ccc(F)cc1F. The molecule has 2 aromatic carbocycles. The van der Waals surface area contributed by atoms with Gasteiger partial charge in [0.1, 0.15) is 17.2 Å². The Kier molecular flexibility index (Phi) is 6.62. The van der Waals surface area contributed by atoms with Crippen molar-refractivity contribution in [1.82, 2.24) is 10.6 Å². The van der Waals surface area contributed by atoms with Crippen LogP contribution in [0.1, 0.15) is 62.8 Å². The first-order valence-corrected chi connectivity index (χ1v) is 10.4. The van der Waals surface area contributed by atoms with Gasteiger partial charge in [0.05, 0.1) is 18.0 Å². The number of carbonyl (C=O) groups excluding carboxylic acids is 2. The summed E-state index contributed by atoms with van der Waals surface area (Å²) >= 11 is 0. The van der Waals surface area contributed by atoms with E-state index in [4.69, 9.17) is 4.74 Å². The highest BCUT2D eigenvalue weighted by molar-refractivity contribution is 5.84. The zero-order valence-corrected chi connectivity index (χ0v) is 18.2. The summed E-state index contributed by atoms with van der Waals surface area (Å²) in [6.45, 7) is 7.10. The van der Waals surface area contributed by atoms with E-state index >= 15 is 0 Å². The Labute approximate surface area is 181 Å². The molecular weight excluding hydrogens is 402 g/mol. The van der Waals surface area contributed by atoms with Crippen LogP contribution in [0.2, 0.25) is 0 Å². The van der Waals surface area contributed by atoms with E-state index in [2.05, 4.69) is 10.6 Å². The van der Waals surface area contributed by atoms with Crippen molar-refractivity contribution in [3.05, 3.63) is 70.8 Å². The molecule has 0 aromatic heterocycles. The first-order chi connectivity index (χ1) is 14.6. The number of nitrogens with one attached hydrogen (secondary N) is 2. The van der Waals surface area contributed by atoms with Gasteiger partial charge in [0.25, 0.3) is 0 Å². The third-order valence-electron chi connectivity index (χ3n) is 5.29. The summed E-state index contributed by atoms with van der Waals surface area (Å²) in [5.41, 5.74) is 1.40. The number of amides is 2. The van der Waals surface area contributed by atoms with Gasteiger partial charge in [0.15, 0.2) is 0 Å². The molecule has 2 amide bonds. The molecule has 0 spiro atoms. The van der Waals surface area contributed by atoms with Gasteiger partial charge < -0.3 is 15.4 Å². The van der Waals surface area contributed by atoms with Crippen LogP contribution in [0.3, 0.4) is 0 Å². The molecule has 0 radical (unpaired) electrons. The van der Waals surface area contributed by atoms with E-state index in [1.165, 1.54) is 6.07 Å². The third-order valence-corrected chi connectivity index (χ3v) is 5.29. The maximum Gasteiger partial charge on any atom is 0.408 e. The van der Waals surface area contributed by atoms with Gasteiger partial charge in [0.2, 0.25) is 5.91 Å². The van der Waals surface area contributed by atoms with E-state index in [-0.39, 0.29) is 11.5 Å². The number of hydrogen-bond acceptors (Lipinski definition) is 3. The predicted octanol–water partition coefficient (Wildman–Crippen LogP) is 4.77. The second kappa shape index (κ2) is 9.04. The number of fused-ring (bicyclic) bond motifs is 1. The van der Waals surface area contributed by atoms with Gasteiger partial charge in [-0.3, -0.25) is 4.79 Å². The van der Waals surface area contributed by atoms with Gasteiger partial charge in [0, 0.05) is 11.6 Å². The van der Waals surface area contributed by atoms with E-state index in [9.17, 15) is 18.4 Å². The van der Waals surface area contributed by atoms with E-state index in [1.807, 2.05) is 24.3 Å². The minimum atomic E-state index is -0.772. The second-order valence-corrected chi connectivity index (χ2v) is 8.77. The lowest BCUT2D eigenvalue weighted by Gasteiger charge is -2.27. The van der Waals surface area contributed by atoms with Gasteiger partial charge in [-0.2, -0.15) is 0 Å². The molecule has 0 aliphatic heterocycles. The molecule has 166 valence electrons. The molecule has 0 saturated carbocycles. The summed E-state index contributed by atoms with van der Waals surface area (Å²) in [6, 6.07) is 9.95. The van der Waals surface area contributed by atoms with Crippen molar-refractivity contribution in [3.8, 4) is 0 Å². The van der Waals surface area contributed by atoms with Crippen LogP contribution in [-0.4, -0.2) is 23.6 Å². The van der Waals surface area contributed by atoms with Crippen LogP contribution < -0.4 is 10.6 Å². The van der Waals surface area contributed by atoms with Gasteiger partial charge in [-0.1, -0.05) is 37.3 Å². The minimum Gasteiger partial charge on any atom is -0.444 e. The molecule has 5 nitrogen and oxygen atoms in total. The van der Waals surface area contributed by atoms with Crippen molar-refractivity contribution in [1.29, 1.82) is 0 Å². The Morgan fingerprint density at radius 2 is 1.84 bits per heavy atom. The molecule has 0 heterocycles. The predicted molar refractivity (Wildman–Crippen MR) is 114 cm³/mol. The molecular formula is C24H28F2N2O3. The molecule has 1 aliphatic rings. The largest absolute Gasteiger partial charge is 0.444 e. The molecule has 0 saturated heterocycles. The van der Waals surface area contributed by atoms with Crippen molar-refractivity contribution in [2.75, 3.05) is 0 Å². The molecule has 3 rings (SSSR count). The van der Waals surface area contributed by atoms with Crippen LogP contribution in [0.15, 0.2) is 42.5 Å². The highest BCUT2D eigenvalue weighted by atomic mass is 19.1. The van der Waals surface area contributed by atoms with Crippen molar-refractivity contribution in [2.24, 2.45) is 0 Å². The normalized spacial score (nSPS) is 18.8. The van der Waals surface area contributed by atoms with E-state index in [1.54, 1.807) is 27.7 Å². The van der Waals surface area contributed by atoms with Crippen LogP contribution in [0.25, 0.3) is 0 Å². The van der Waals surface area contributed by atoms with Gasteiger partial charge in [-0.25, -0.2) is 13.6 Å². The number of ether oxygens (including phenoxy) is 1. The Bertz CT molecular complexity index is 972. The maximum absolute atomic E-state index is 14.3. The third kappa shape index (κ3) is 5.40. The Balaban J connectivity index is 1.81. The summed E-state index contributed by atoms with van der Waals surface area (Å²) in [6.07, 6.45) is 0.285. The second-order valence-electron chi connectivity index (χ2n) is 8.77. The standard InChI is InChI=1S/C24H28F2N2O3/c1-5-16(18-11-10-15(25)13-19(18)26)22(29)27-20-12-14-8-6-7-9-17(14)21(20)28-23(30)31-24(2,3)4/h6-11,13,16,20-21H,5,12H2,1-4H3,(H,27,29)(H,28,30)/t16?,20-,21-/m1/s1. The monoisotopic (exact) mass is 430 g/mol. The van der Waals surface area contributed by atoms with Crippen LogP contribution in [0, 0.1) is 11.6 Å². The highest BCUT2D eigenvalue weighted by Crippen LogP contribution is 2.33. The molecule has 2 aromatic rings. The Morgan fingerprint density at radius 1 is 1.13 bits per heavy atom. The quantitative estimate of drug-likeness (QED) is 0.718. The number of hydrogen-bond donors (Lipinski definition) is 2. The molecule has 0 fully saturated rings. The molecule has 1 aliphatic carbocycles. The first kappa shape index (κ1) is 22.7. The number of alkyl carbamates (subject to hydrolysis) is 1. The summed E-state index contributed by atoms with van der Waals surface area (Å²) in [5.74, 6) is -2.59. The van der Waals surface area contributed by atoms with E-state index in [0.29, 0.717) is 12.8 Å². The van der Waals surface area contributed by atoms with Crippen molar-refractivity contribution < 1.29 is 23.1 Å². The lowest BCUT2D eigenvalue weighted by Crippen LogP contribution is -2.46. The van der Waals surface area contributed by atoms with Crippen molar-refractivity contribution in [3.63, 3.8) is 0 Å². The summed E-state index contributed by atoms with van der Waals surface area (Å²) in [4.78, 5) is 25.5. The average Bonchev–Trinajstić information content (AvgIpc) is 2.99. The van der Waals surface area contributed by atoms with Crippen LogP contribution >= 0.6 is 0 Å². The van der Waals surface area contributed by atoms with Gasteiger partial charge >= 0.3 is 6.09 Å². The average molecular weight is 430 g/mol. The summed E-state index contributed by atoms with van der Waals surface area (Å²) in [7, 11) is 0. The fraction of sp³-hybridized carbons (Fsp3) is 0.417. The maximum atomic E-state index is 14.3. The molecule has 1 unspecified atom stereocenters. The highest BCUT2D eigenvalue weighted by Gasteiger charge is 2.36. The fourth-order valence-corrected chi connectivity index (χ4v) is 3.96. The molecule has 2 N–H and O–H groups in total. The van der Waals surface area contributed by atoms with Gasteiger partial charge in [-0.05, 0) is 50.8 Å². The topological polar surface area (TPSA) is 67.4 Å². The summed E-state index contributed by atoms with van der Waals surface area (Å²) in [5, 5.41) is 5.83. The van der Waals surface area contributed by atoms with Crippen molar-refractivity contribution in [2.45, 2.75) is 64.1 Å². The molecule has 0 bridgehead atoms. The van der Waals surface area contributed by atoms with Crippen LogP contribution in [-0.2, 0) is 16.0 Å². The number of halogens is 2. The molecule has 31 heavy (non-hydrogen) atoms. The molecule has 7 heteroatoms. The lowest BCUT2D eigenvalue weighted by atomic mass is 9.94. The Morgan fingerprint density at radius 3 is 2.48 bits per heavy atom. The van der Waals surface area contributed by atoms with E-state index < -0.39 is 41.3 Å². The smallest absolute Gasteiger partial charge is 0.408 e.